The van der Waals surface area contributed by atoms with Gasteiger partial charge in [-0.15, -0.1) is 0 Å². The lowest BCUT2D eigenvalue weighted by molar-refractivity contribution is 0.0937. The summed E-state index contributed by atoms with van der Waals surface area (Å²) in [6.07, 6.45) is 1.91. The summed E-state index contributed by atoms with van der Waals surface area (Å²) in [7, 11) is 1.91. The Bertz CT molecular complexity index is 877. The molecule has 0 unspecified atom stereocenters. The second kappa shape index (κ2) is 6.33. The van der Waals surface area contributed by atoms with Gasteiger partial charge < -0.3 is 9.67 Å². The van der Waals surface area contributed by atoms with Crippen LogP contribution in [0.15, 0.2) is 55.2 Å². The number of aryl methyl sites for hydroxylation is 1. The van der Waals surface area contributed by atoms with Crippen molar-refractivity contribution in [3.8, 4) is 17.1 Å². The number of phenols is 1. The van der Waals surface area contributed by atoms with Crippen molar-refractivity contribution >= 4 is 11.6 Å². The van der Waals surface area contributed by atoms with E-state index in [0.717, 1.165) is 11.3 Å². The van der Waals surface area contributed by atoms with Crippen molar-refractivity contribution in [3.63, 3.8) is 0 Å². The zero-order chi connectivity index (χ0) is 17.1. The molecule has 0 saturated carbocycles. The van der Waals surface area contributed by atoms with Crippen molar-refractivity contribution in [2.24, 2.45) is 7.05 Å². The fourth-order valence-corrected chi connectivity index (χ4v) is 2.23. The second-order valence-electron chi connectivity index (χ2n) is 5.28. The SMILES string of the molecule is C=C(NNC(=O)c1cc(-c2cccn2C)n[nH]1)c1ccc(O)cc1. The zero-order valence-corrected chi connectivity index (χ0v) is 13.1. The predicted octanol–water partition coefficient (Wildman–Crippen LogP) is 2.03. The molecular weight excluding hydrogens is 306 g/mol. The highest BCUT2D eigenvalue weighted by molar-refractivity contribution is 5.93. The molecule has 7 nitrogen and oxygen atoms in total. The van der Waals surface area contributed by atoms with Crippen molar-refractivity contribution in [1.82, 2.24) is 25.6 Å². The van der Waals surface area contributed by atoms with Crippen LogP contribution >= 0.6 is 0 Å². The zero-order valence-electron chi connectivity index (χ0n) is 13.1. The molecule has 0 aliphatic carbocycles. The lowest BCUT2D eigenvalue weighted by Crippen LogP contribution is -2.36. The molecule has 24 heavy (non-hydrogen) atoms. The van der Waals surface area contributed by atoms with Gasteiger partial charge in [-0.3, -0.25) is 20.7 Å². The van der Waals surface area contributed by atoms with Crippen LogP contribution in [0.1, 0.15) is 16.1 Å². The average molecular weight is 323 g/mol. The first kappa shape index (κ1) is 15.4. The number of H-pyrrole nitrogens is 1. The number of hydrogen-bond donors (Lipinski definition) is 4. The molecule has 122 valence electrons. The monoisotopic (exact) mass is 323 g/mol. The third-order valence-electron chi connectivity index (χ3n) is 3.57. The first-order chi connectivity index (χ1) is 11.5. The van der Waals surface area contributed by atoms with Gasteiger partial charge in [0.05, 0.1) is 11.4 Å². The number of rotatable bonds is 5. The number of nitrogens with zero attached hydrogens (tertiary/aromatic N) is 2. The molecule has 0 spiro atoms. The Hall–Kier alpha value is -3.48. The van der Waals surface area contributed by atoms with Gasteiger partial charge >= 0.3 is 0 Å². The highest BCUT2D eigenvalue weighted by atomic mass is 16.3. The Morgan fingerprint density at radius 1 is 1.25 bits per heavy atom. The van der Waals surface area contributed by atoms with E-state index >= 15 is 0 Å². The quantitative estimate of drug-likeness (QED) is 0.540. The fourth-order valence-electron chi connectivity index (χ4n) is 2.23. The molecule has 0 fully saturated rings. The van der Waals surface area contributed by atoms with Crippen LogP contribution in [0, 0.1) is 0 Å². The van der Waals surface area contributed by atoms with Crippen LogP contribution in [0.2, 0.25) is 0 Å². The van der Waals surface area contributed by atoms with Gasteiger partial charge in [-0.25, -0.2) is 0 Å². The molecule has 1 aromatic carbocycles. The van der Waals surface area contributed by atoms with Gasteiger partial charge in [0.25, 0.3) is 5.91 Å². The number of phenolic OH excluding ortho intramolecular Hbond substituents is 1. The maximum Gasteiger partial charge on any atom is 0.287 e. The van der Waals surface area contributed by atoms with Crippen LogP contribution < -0.4 is 10.9 Å². The number of aromatic amines is 1. The molecule has 7 heteroatoms. The molecule has 0 saturated heterocycles. The molecule has 0 aliphatic heterocycles. The minimum absolute atomic E-state index is 0.168. The smallest absolute Gasteiger partial charge is 0.287 e. The summed E-state index contributed by atoms with van der Waals surface area (Å²) in [5.74, 6) is -0.191. The molecule has 0 atom stereocenters. The second-order valence-corrected chi connectivity index (χ2v) is 5.28. The van der Waals surface area contributed by atoms with E-state index in [1.165, 1.54) is 0 Å². The first-order valence-electron chi connectivity index (χ1n) is 7.26. The van der Waals surface area contributed by atoms with Crippen molar-refractivity contribution in [2.75, 3.05) is 0 Å². The molecule has 0 bridgehead atoms. The topological polar surface area (TPSA) is 95.0 Å². The number of carbonyl (C=O) groups excluding carboxylic acids is 1. The Kier molecular flexibility index (Phi) is 4.07. The number of hydrogen-bond acceptors (Lipinski definition) is 4. The number of hydrazine groups is 1. The van der Waals surface area contributed by atoms with Crippen LogP contribution in [0.4, 0.5) is 0 Å². The Labute approximate surface area is 138 Å². The first-order valence-corrected chi connectivity index (χ1v) is 7.26. The molecule has 4 N–H and O–H groups in total. The van der Waals surface area contributed by atoms with Crippen molar-refractivity contribution < 1.29 is 9.90 Å². The van der Waals surface area contributed by atoms with E-state index in [2.05, 4.69) is 27.6 Å². The normalized spacial score (nSPS) is 10.4. The van der Waals surface area contributed by atoms with Gasteiger partial charge in [0, 0.05) is 13.2 Å². The van der Waals surface area contributed by atoms with E-state index in [1.54, 1.807) is 30.3 Å². The van der Waals surface area contributed by atoms with Crippen molar-refractivity contribution in [1.29, 1.82) is 0 Å². The lowest BCUT2D eigenvalue weighted by Gasteiger charge is -2.10. The third kappa shape index (κ3) is 3.14. The highest BCUT2D eigenvalue weighted by Gasteiger charge is 2.12. The minimum atomic E-state index is -0.358. The number of benzene rings is 1. The molecule has 0 aliphatic rings. The van der Waals surface area contributed by atoms with Gasteiger partial charge in [0.15, 0.2) is 0 Å². The molecule has 1 amide bonds. The summed E-state index contributed by atoms with van der Waals surface area (Å²) in [6.45, 7) is 3.84. The summed E-state index contributed by atoms with van der Waals surface area (Å²) in [5, 5.41) is 16.1. The summed E-state index contributed by atoms with van der Waals surface area (Å²) in [4.78, 5) is 12.2. The third-order valence-corrected chi connectivity index (χ3v) is 3.57. The van der Waals surface area contributed by atoms with E-state index in [-0.39, 0.29) is 11.7 Å². The molecule has 0 radical (unpaired) electrons. The van der Waals surface area contributed by atoms with Gasteiger partial charge in [0.1, 0.15) is 17.1 Å². The predicted molar refractivity (Wildman–Crippen MR) is 90.7 cm³/mol. The van der Waals surface area contributed by atoms with Crippen LogP contribution in [0.25, 0.3) is 17.1 Å². The molecule has 3 rings (SSSR count). The van der Waals surface area contributed by atoms with Crippen LogP contribution in [-0.2, 0) is 7.05 Å². The summed E-state index contributed by atoms with van der Waals surface area (Å²) < 4.78 is 1.92. The fraction of sp³-hybridized carbons (Fsp3) is 0.0588. The van der Waals surface area contributed by atoms with E-state index in [4.69, 9.17) is 0 Å². The van der Waals surface area contributed by atoms with Gasteiger partial charge in [-0.1, -0.05) is 6.58 Å². The minimum Gasteiger partial charge on any atom is -0.508 e. The van der Waals surface area contributed by atoms with E-state index in [1.807, 2.05) is 29.9 Å². The highest BCUT2D eigenvalue weighted by Crippen LogP contribution is 2.17. The van der Waals surface area contributed by atoms with E-state index < -0.39 is 0 Å². The van der Waals surface area contributed by atoms with Crippen LogP contribution in [0.5, 0.6) is 5.75 Å². The van der Waals surface area contributed by atoms with E-state index in [9.17, 15) is 9.90 Å². The maximum absolute atomic E-state index is 12.2. The largest absolute Gasteiger partial charge is 0.508 e. The average Bonchev–Trinajstić information content (AvgIpc) is 3.21. The number of carbonyl (C=O) groups is 1. The van der Waals surface area contributed by atoms with Crippen molar-refractivity contribution in [2.45, 2.75) is 0 Å². The Morgan fingerprint density at radius 2 is 2.00 bits per heavy atom. The van der Waals surface area contributed by atoms with Crippen LogP contribution in [0.3, 0.4) is 0 Å². The molecule has 3 aromatic rings. The van der Waals surface area contributed by atoms with Crippen LogP contribution in [-0.4, -0.2) is 25.8 Å². The number of amides is 1. The summed E-state index contributed by atoms with van der Waals surface area (Å²) >= 11 is 0. The standard InChI is InChI=1S/C17H17N5O2/c1-11(12-5-7-13(23)8-6-12)18-21-17(24)15-10-14(19-20-15)16-4-3-9-22(16)2/h3-10,18,23H,1H2,2H3,(H,19,20)(H,21,24). The van der Waals surface area contributed by atoms with Gasteiger partial charge in [0.2, 0.25) is 0 Å². The number of aromatic nitrogens is 3. The summed E-state index contributed by atoms with van der Waals surface area (Å²) in [6, 6.07) is 12.0. The number of nitrogens with one attached hydrogen (secondary N) is 3. The number of aromatic hydroxyl groups is 1. The molecule has 2 heterocycles. The molecule has 2 aromatic heterocycles. The van der Waals surface area contributed by atoms with Gasteiger partial charge in [-0.2, -0.15) is 5.10 Å². The summed E-state index contributed by atoms with van der Waals surface area (Å²) in [5.41, 5.74) is 8.48. The van der Waals surface area contributed by atoms with Gasteiger partial charge in [-0.05, 0) is 48.0 Å². The lowest BCUT2D eigenvalue weighted by atomic mass is 10.2. The maximum atomic E-state index is 12.2. The molecular formula is C17H17N5O2. The van der Waals surface area contributed by atoms with E-state index in [0.29, 0.717) is 17.1 Å². The Balaban J connectivity index is 1.63. The Morgan fingerprint density at radius 3 is 2.67 bits per heavy atom. The van der Waals surface area contributed by atoms with Crippen molar-refractivity contribution in [3.05, 3.63) is 66.5 Å².